The predicted octanol–water partition coefficient (Wildman–Crippen LogP) is 1.81. The van der Waals surface area contributed by atoms with Crippen molar-refractivity contribution in [1.29, 1.82) is 0 Å². The molecule has 1 aromatic rings. The van der Waals surface area contributed by atoms with Gasteiger partial charge in [0, 0.05) is 12.6 Å². The van der Waals surface area contributed by atoms with Crippen molar-refractivity contribution in [3.63, 3.8) is 0 Å². The first-order valence-electron chi connectivity index (χ1n) is 7.38. The molecular formula is C15H24N2O2S. The standard InChI is InChI=1S/C15H24N2O2S/c1-2-13-6-3-4-7-14(13)12-17-20(18,19)11-5-10-16-15-8-9-15/h3-4,6-7,15-17H,2,5,8-12H2,1H3. The van der Waals surface area contributed by atoms with Gasteiger partial charge in [0.25, 0.3) is 0 Å². The highest BCUT2D eigenvalue weighted by Gasteiger charge is 2.20. The summed E-state index contributed by atoms with van der Waals surface area (Å²) in [4.78, 5) is 0. The van der Waals surface area contributed by atoms with Gasteiger partial charge >= 0.3 is 0 Å². The van der Waals surface area contributed by atoms with Gasteiger partial charge in [0.05, 0.1) is 5.75 Å². The molecule has 0 bridgehead atoms. The molecule has 1 saturated carbocycles. The summed E-state index contributed by atoms with van der Waals surface area (Å²) in [7, 11) is -3.17. The molecule has 1 fully saturated rings. The first kappa shape index (κ1) is 15.5. The van der Waals surface area contributed by atoms with Gasteiger partial charge in [-0.05, 0) is 43.4 Å². The zero-order valence-corrected chi connectivity index (χ0v) is 12.9. The van der Waals surface area contributed by atoms with Gasteiger partial charge < -0.3 is 5.32 Å². The van der Waals surface area contributed by atoms with Crippen LogP contribution in [0.4, 0.5) is 0 Å². The molecule has 2 rings (SSSR count). The lowest BCUT2D eigenvalue weighted by Gasteiger charge is -2.10. The van der Waals surface area contributed by atoms with E-state index in [1.54, 1.807) is 0 Å². The van der Waals surface area contributed by atoms with Crippen molar-refractivity contribution in [2.75, 3.05) is 12.3 Å². The van der Waals surface area contributed by atoms with Crippen LogP contribution in [0.2, 0.25) is 0 Å². The van der Waals surface area contributed by atoms with E-state index in [4.69, 9.17) is 0 Å². The van der Waals surface area contributed by atoms with E-state index >= 15 is 0 Å². The van der Waals surface area contributed by atoms with Crippen LogP contribution in [0.1, 0.15) is 37.3 Å². The van der Waals surface area contributed by atoms with Crippen molar-refractivity contribution in [3.05, 3.63) is 35.4 Å². The minimum absolute atomic E-state index is 0.195. The maximum atomic E-state index is 11.9. The molecule has 1 aromatic carbocycles. The fourth-order valence-electron chi connectivity index (χ4n) is 2.19. The van der Waals surface area contributed by atoms with Gasteiger partial charge in [0.2, 0.25) is 10.0 Å². The second-order valence-electron chi connectivity index (χ2n) is 5.34. The van der Waals surface area contributed by atoms with Crippen LogP contribution >= 0.6 is 0 Å². The van der Waals surface area contributed by atoms with Gasteiger partial charge in [-0.2, -0.15) is 0 Å². The first-order valence-corrected chi connectivity index (χ1v) is 9.03. The maximum absolute atomic E-state index is 11.9. The molecule has 5 heteroatoms. The van der Waals surface area contributed by atoms with Crippen LogP contribution in [0.25, 0.3) is 0 Å². The van der Waals surface area contributed by atoms with E-state index < -0.39 is 10.0 Å². The summed E-state index contributed by atoms with van der Waals surface area (Å²) < 4.78 is 26.5. The summed E-state index contributed by atoms with van der Waals surface area (Å²) >= 11 is 0. The van der Waals surface area contributed by atoms with Gasteiger partial charge in [-0.15, -0.1) is 0 Å². The van der Waals surface area contributed by atoms with Crippen molar-refractivity contribution in [2.24, 2.45) is 0 Å². The molecule has 0 aromatic heterocycles. The third kappa shape index (κ3) is 5.23. The van der Waals surface area contributed by atoms with Crippen LogP contribution in [-0.4, -0.2) is 26.8 Å². The van der Waals surface area contributed by atoms with Crippen molar-refractivity contribution < 1.29 is 8.42 Å². The lowest BCUT2D eigenvalue weighted by atomic mass is 10.1. The fourth-order valence-corrected chi connectivity index (χ4v) is 3.23. The molecule has 0 heterocycles. The molecule has 112 valence electrons. The Balaban J connectivity index is 1.75. The number of nitrogens with one attached hydrogen (secondary N) is 2. The average Bonchev–Trinajstić information content (AvgIpc) is 3.26. The van der Waals surface area contributed by atoms with Crippen LogP contribution in [0.3, 0.4) is 0 Å². The first-order chi connectivity index (χ1) is 9.61. The van der Waals surface area contributed by atoms with E-state index in [-0.39, 0.29) is 5.75 Å². The van der Waals surface area contributed by atoms with Crippen LogP contribution in [0, 0.1) is 0 Å². The van der Waals surface area contributed by atoms with E-state index in [0.29, 0.717) is 19.0 Å². The topological polar surface area (TPSA) is 58.2 Å². The molecule has 0 aliphatic heterocycles. The molecule has 1 aliphatic rings. The average molecular weight is 296 g/mol. The molecule has 0 saturated heterocycles. The lowest BCUT2D eigenvalue weighted by Crippen LogP contribution is -2.28. The maximum Gasteiger partial charge on any atom is 0.211 e. The van der Waals surface area contributed by atoms with Gasteiger partial charge in [0.15, 0.2) is 0 Å². The van der Waals surface area contributed by atoms with Crippen LogP contribution in [0.15, 0.2) is 24.3 Å². The molecule has 0 unspecified atom stereocenters. The van der Waals surface area contributed by atoms with Crippen molar-refractivity contribution in [1.82, 2.24) is 10.0 Å². The van der Waals surface area contributed by atoms with Crippen molar-refractivity contribution in [2.45, 2.75) is 45.2 Å². The Labute approximate surface area is 122 Å². The summed E-state index contributed by atoms with van der Waals surface area (Å²) in [6.07, 6.45) is 4.06. The number of sulfonamides is 1. The summed E-state index contributed by atoms with van der Waals surface area (Å²) in [6, 6.07) is 8.60. The number of hydrogen-bond acceptors (Lipinski definition) is 3. The number of benzene rings is 1. The molecule has 0 atom stereocenters. The highest BCUT2D eigenvalue weighted by Crippen LogP contribution is 2.18. The third-order valence-corrected chi connectivity index (χ3v) is 4.99. The zero-order chi connectivity index (χ0) is 14.4. The van der Waals surface area contributed by atoms with Gasteiger partial charge in [-0.25, -0.2) is 13.1 Å². The zero-order valence-electron chi connectivity index (χ0n) is 12.1. The van der Waals surface area contributed by atoms with E-state index in [2.05, 4.69) is 17.0 Å². The van der Waals surface area contributed by atoms with Crippen LogP contribution in [-0.2, 0) is 23.0 Å². The summed E-state index contributed by atoms with van der Waals surface area (Å²) in [5.74, 6) is 0.195. The third-order valence-electron chi connectivity index (χ3n) is 3.58. The molecule has 0 amide bonds. The largest absolute Gasteiger partial charge is 0.314 e. The minimum atomic E-state index is -3.17. The van der Waals surface area contributed by atoms with E-state index in [1.165, 1.54) is 18.4 Å². The Hall–Kier alpha value is -0.910. The molecule has 1 aliphatic carbocycles. The monoisotopic (exact) mass is 296 g/mol. The Morgan fingerprint density at radius 2 is 1.90 bits per heavy atom. The van der Waals surface area contributed by atoms with Gasteiger partial charge in [-0.3, -0.25) is 0 Å². The lowest BCUT2D eigenvalue weighted by molar-refractivity contribution is 0.574. The number of rotatable bonds is 9. The van der Waals surface area contributed by atoms with E-state index in [9.17, 15) is 8.42 Å². The summed E-state index contributed by atoms with van der Waals surface area (Å²) in [6.45, 7) is 3.26. The Bertz CT molecular complexity index is 524. The normalized spacial score (nSPS) is 15.4. The van der Waals surface area contributed by atoms with Gasteiger partial charge in [0.1, 0.15) is 0 Å². The number of hydrogen-bond donors (Lipinski definition) is 2. The van der Waals surface area contributed by atoms with Crippen molar-refractivity contribution in [3.8, 4) is 0 Å². The highest BCUT2D eigenvalue weighted by atomic mass is 32.2. The molecular weight excluding hydrogens is 272 g/mol. The molecule has 0 radical (unpaired) electrons. The fraction of sp³-hybridized carbons (Fsp3) is 0.600. The predicted molar refractivity (Wildman–Crippen MR) is 82.1 cm³/mol. The van der Waals surface area contributed by atoms with Crippen LogP contribution in [0.5, 0.6) is 0 Å². The quantitative estimate of drug-likeness (QED) is 0.683. The Kier molecular flexibility index (Phi) is 5.57. The van der Waals surface area contributed by atoms with Crippen molar-refractivity contribution >= 4 is 10.0 Å². The molecule has 2 N–H and O–H groups in total. The van der Waals surface area contributed by atoms with E-state index in [1.807, 2.05) is 24.3 Å². The smallest absolute Gasteiger partial charge is 0.211 e. The SMILES string of the molecule is CCc1ccccc1CNS(=O)(=O)CCCNC1CC1. The second kappa shape index (κ2) is 7.20. The Morgan fingerprint density at radius 1 is 1.20 bits per heavy atom. The summed E-state index contributed by atoms with van der Waals surface area (Å²) in [5.41, 5.74) is 2.26. The molecule has 0 spiro atoms. The van der Waals surface area contributed by atoms with Crippen LogP contribution < -0.4 is 10.0 Å². The Morgan fingerprint density at radius 3 is 2.55 bits per heavy atom. The van der Waals surface area contributed by atoms with Gasteiger partial charge in [-0.1, -0.05) is 31.2 Å². The number of aryl methyl sites for hydroxylation is 1. The summed E-state index contributed by atoms with van der Waals surface area (Å²) in [5, 5.41) is 3.33. The molecule has 4 nitrogen and oxygen atoms in total. The second-order valence-corrected chi connectivity index (χ2v) is 7.27. The van der Waals surface area contributed by atoms with E-state index in [0.717, 1.165) is 18.5 Å². The molecule has 20 heavy (non-hydrogen) atoms. The minimum Gasteiger partial charge on any atom is -0.314 e. The highest BCUT2D eigenvalue weighted by molar-refractivity contribution is 7.89.